The number of amides is 1. The first-order chi connectivity index (χ1) is 9.43. The molecule has 4 N–H and O–H groups in total. The van der Waals surface area contributed by atoms with Crippen LogP contribution in [-0.2, 0) is 9.59 Å². The van der Waals surface area contributed by atoms with Gasteiger partial charge >= 0.3 is 5.97 Å². The Bertz CT molecular complexity index is 517. The molecule has 0 aliphatic heterocycles. The quantitative estimate of drug-likeness (QED) is 0.539. The third-order valence-corrected chi connectivity index (χ3v) is 2.95. The van der Waals surface area contributed by atoms with Crippen molar-refractivity contribution in [3.63, 3.8) is 0 Å². The SMILES string of the molecule is C#CCC(NC(=O)CC(C)c1ccc(N)cc1)C(=O)O. The number of hydrogen-bond donors (Lipinski definition) is 3. The van der Waals surface area contributed by atoms with Crippen molar-refractivity contribution < 1.29 is 14.7 Å². The van der Waals surface area contributed by atoms with Gasteiger partial charge in [-0.15, -0.1) is 12.3 Å². The molecule has 0 radical (unpaired) electrons. The monoisotopic (exact) mass is 274 g/mol. The van der Waals surface area contributed by atoms with Crippen LogP contribution in [0.25, 0.3) is 0 Å². The van der Waals surface area contributed by atoms with E-state index in [2.05, 4.69) is 11.2 Å². The normalized spacial score (nSPS) is 13.0. The number of nitrogen functional groups attached to an aromatic ring is 1. The molecule has 20 heavy (non-hydrogen) atoms. The lowest BCUT2D eigenvalue weighted by Crippen LogP contribution is -2.40. The molecule has 2 atom stereocenters. The molecule has 5 heteroatoms. The molecule has 2 unspecified atom stereocenters. The molecule has 0 saturated heterocycles. The molecule has 5 nitrogen and oxygen atoms in total. The van der Waals surface area contributed by atoms with Gasteiger partial charge in [0.05, 0.1) is 0 Å². The molecule has 0 saturated carbocycles. The van der Waals surface area contributed by atoms with E-state index in [4.69, 9.17) is 17.3 Å². The molecule has 0 aliphatic carbocycles. The van der Waals surface area contributed by atoms with Gasteiger partial charge in [0.15, 0.2) is 0 Å². The van der Waals surface area contributed by atoms with Gasteiger partial charge in [-0.05, 0) is 23.6 Å². The summed E-state index contributed by atoms with van der Waals surface area (Å²) in [6, 6.07) is 6.20. The zero-order chi connectivity index (χ0) is 15.1. The number of benzene rings is 1. The summed E-state index contributed by atoms with van der Waals surface area (Å²) in [7, 11) is 0. The Labute approximate surface area is 118 Å². The minimum Gasteiger partial charge on any atom is -0.480 e. The fraction of sp³-hybridized carbons (Fsp3) is 0.333. The van der Waals surface area contributed by atoms with Crippen molar-refractivity contribution in [2.24, 2.45) is 0 Å². The number of nitrogens with two attached hydrogens (primary N) is 1. The van der Waals surface area contributed by atoms with E-state index in [-0.39, 0.29) is 24.7 Å². The summed E-state index contributed by atoms with van der Waals surface area (Å²) in [6.45, 7) is 1.89. The van der Waals surface area contributed by atoms with E-state index in [1.54, 1.807) is 12.1 Å². The van der Waals surface area contributed by atoms with Crippen LogP contribution in [0.15, 0.2) is 24.3 Å². The number of carbonyl (C=O) groups is 2. The molecule has 0 fully saturated rings. The van der Waals surface area contributed by atoms with Gasteiger partial charge in [-0.1, -0.05) is 19.1 Å². The number of aliphatic carboxylic acids is 1. The van der Waals surface area contributed by atoms with E-state index in [0.29, 0.717) is 5.69 Å². The summed E-state index contributed by atoms with van der Waals surface area (Å²) in [6.07, 6.45) is 5.24. The number of nitrogens with one attached hydrogen (secondary N) is 1. The first-order valence-electron chi connectivity index (χ1n) is 6.25. The lowest BCUT2D eigenvalue weighted by Gasteiger charge is -2.15. The second kappa shape index (κ2) is 7.19. The highest BCUT2D eigenvalue weighted by Gasteiger charge is 2.20. The number of carbonyl (C=O) groups excluding carboxylic acids is 1. The maximum atomic E-state index is 11.8. The van der Waals surface area contributed by atoms with Gasteiger partial charge in [-0.25, -0.2) is 4.79 Å². The van der Waals surface area contributed by atoms with Gasteiger partial charge in [0.25, 0.3) is 0 Å². The van der Waals surface area contributed by atoms with Crippen LogP contribution in [0.1, 0.15) is 31.2 Å². The zero-order valence-electron chi connectivity index (χ0n) is 11.3. The number of carboxylic acids is 1. The predicted molar refractivity (Wildman–Crippen MR) is 76.9 cm³/mol. The summed E-state index contributed by atoms with van der Waals surface area (Å²) < 4.78 is 0. The Hall–Kier alpha value is -2.48. The zero-order valence-corrected chi connectivity index (χ0v) is 11.3. The van der Waals surface area contributed by atoms with Crippen LogP contribution in [-0.4, -0.2) is 23.0 Å². The minimum absolute atomic E-state index is 0.0304. The Balaban J connectivity index is 2.59. The van der Waals surface area contributed by atoms with Gasteiger partial charge in [-0.3, -0.25) is 4.79 Å². The molecule has 0 spiro atoms. The molecule has 0 heterocycles. The number of rotatable bonds is 6. The summed E-state index contributed by atoms with van der Waals surface area (Å²) >= 11 is 0. The average molecular weight is 274 g/mol. The molecule has 0 aromatic heterocycles. The van der Waals surface area contributed by atoms with Gasteiger partial charge in [0.1, 0.15) is 6.04 Å². The third kappa shape index (κ3) is 4.65. The molecule has 0 bridgehead atoms. The second-order valence-corrected chi connectivity index (χ2v) is 4.64. The number of hydrogen-bond acceptors (Lipinski definition) is 3. The van der Waals surface area contributed by atoms with Crippen LogP contribution >= 0.6 is 0 Å². The maximum absolute atomic E-state index is 11.8. The van der Waals surface area contributed by atoms with Crippen LogP contribution in [0.5, 0.6) is 0 Å². The number of anilines is 1. The highest BCUT2D eigenvalue weighted by atomic mass is 16.4. The van der Waals surface area contributed by atoms with Crippen molar-refractivity contribution in [2.45, 2.75) is 31.7 Å². The van der Waals surface area contributed by atoms with Gasteiger partial charge in [-0.2, -0.15) is 0 Å². The second-order valence-electron chi connectivity index (χ2n) is 4.64. The molecule has 1 rings (SSSR count). The fourth-order valence-corrected chi connectivity index (χ4v) is 1.79. The van der Waals surface area contributed by atoms with Crippen LogP contribution < -0.4 is 11.1 Å². The topological polar surface area (TPSA) is 92.4 Å². The molecule has 0 aliphatic rings. The first kappa shape index (κ1) is 15.6. The lowest BCUT2D eigenvalue weighted by molar-refractivity contribution is -0.141. The first-order valence-corrected chi connectivity index (χ1v) is 6.25. The van der Waals surface area contributed by atoms with Crippen molar-refractivity contribution in [2.75, 3.05) is 5.73 Å². The third-order valence-electron chi connectivity index (χ3n) is 2.95. The van der Waals surface area contributed by atoms with Gasteiger partial charge < -0.3 is 16.2 Å². The van der Waals surface area contributed by atoms with Gasteiger partial charge in [0.2, 0.25) is 5.91 Å². The highest BCUT2D eigenvalue weighted by Crippen LogP contribution is 2.20. The Morgan fingerprint density at radius 1 is 1.40 bits per heavy atom. The number of terminal acetylenes is 1. The summed E-state index contributed by atoms with van der Waals surface area (Å²) in [5, 5.41) is 11.3. The highest BCUT2D eigenvalue weighted by molar-refractivity contribution is 5.84. The Morgan fingerprint density at radius 3 is 2.50 bits per heavy atom. The van der Waals surface area contributed by atoms with E-state index in [1.165, 1.54) is 0 Å². The molecule has 1 amide bonds. The fourth-order valence-electron chi connectivity index (χ4n) is 1.79. The summed E-state index contributed by atoms with van der Waals surface area (Å²) in [4.78, 5) is 22.7. The predicted octanol–water partition coefficient (Wildman–Crippen LogP) is 1.36. The van der Waals surface area contributed by atoms with E-state index in [0.717, 1.165) is 5.56 Å². The van der Waals surface area contributed by atoms with Crippen molar-refractivity contribution in [1.82, 2.24) is 5.32 Å². The van der Waals surface area contributed by atoms with E-state index in [9.17, 15) is 9.59 Å². The smallest absolute Gasteiger partial charge is 0.327 e. The summed E-state index contributed by atoms with van der Waals surface area (Å²) in [5.41, 5.74) is 7.23. The van der Waals surface area contributed by atoms with Crippen LogP contribution in [0.2, 0.25) is 0 Å². The Kier molecular flexibility index (Phi) is 5.60. The van der Waals surface area contributed by atoms with Crippen LogP contribution in [0.4, 0.5) is 5.69 Å². The summed E-state index contributed by atoms with van der Waals surface area (Å²) in [5.74, 6) is 0.740. The van der Waals surface area contributed by atoms with Crippen LogP contribution in [0.3, 0.4) is 0 Å². The molecule has 1 aromatic rings. The van der Waals surface area contributed by atoms with Crippen molar-refractivity contribution in [1.29, 1.82) is 0 Å². The van der Waals surface area contributed by atoms with Crippen LogP contribution in [0, 0.1) is 12.3 Å². The molecular formula is C15H18N2O3. The maximum Gasteiger partial charge on any atom is 0.327 e. The molecular weight excluding hydrogens is 256 g/mol. The van der Waals surface area contributed by atoms with Crippen molar-refractivity contribution >= 4 is 17.6 Å². The lowest BCUT2D eigenvalue weighted by atomic mass is 9.97. The number of carboxylic acid groups (broad SMARTS) is 1. The largest absolute Gasteiger partial charge is 0.480 e. The van der Waals surface area contributed by atoms with E-state index >= 15 is 0 Å². The van der Waals surface area contributed by atoms with Crippen molar-refractivity contribution in [3.8, 4) is 12.3 Å². The van der Waals surface area contributed by atoms with E-state index < -0.39 is 12.0 Å². The minimum atomic E-state index is -1.13. The molecule has 1 aromatic carbocycles. The Morgan fingerprint density at radius 2 is 2.00 bits per heavy atom. The molecule has 106 valence electrons. The van der Waals surface area contributed by atoms with Gasteiger partial charge in [0, 0.05) is 18.5 Å². The standard InChI is InChI=1S/C15H18N2O3/c1-3-4-13(15(19)20)17-14(18)9-10(2)11-5-7-12(16)8-6-11/h1,5-8,10,13H,4,9,16H2,2H3,(H,17,18)(H,19,20). The average Bonchev–Trinajstić information content (AvgIpc) is 2.38. The van der Waals surface area contributed by atoms with Crippen molar-refractivity contribution in [3.05, 3.63) is 29.8 Å². The van der Waals surface area contributed by atoms with E-state index in [1.807, 2.05) is 19.1 Å².